The van der Waals surface area contributed by atoms with Crippen LogP contribution in [0.2, 0.25) is 0 Å². The molecule has 0 aliphatic carbocycles. The van der Waals surface area contributed by atoms with E-state index in [9.17, 15) is 4.79 Å². The molecule has 0 aromatic heterocycles. The molecule has 1 unspecified atom stereocenters. The van der Waals surface area contributed by atoms with Crippen LogP contribution in [-0.4, -0.2) is 24.5 Å². The van der Waals surface area contributed by atoms with E-state index in [1.165, 1.54) is 0 Å². The molecule has 1 N–H and O–H groups in total. The molecule has 0 saturated carbocycles. The molecule has 4 heteroatoms. The van der Waals surface area contributed by atoms with Crippen LogP contribution in [0, 0.1) is 0 Å². The maximum atomic E-state index is 11.2. The van der Waals surface area contributed by atoms with E-state index in [2.05, 4.69) is 5.32 Å². The number of alkyl carbamates (subject to hydrolysis) is 1. The first-order chi connectivity index (χ1) is 5.97. The third kappa shape index (κ3) is 4.12. The third-order valence-electron chi connectivity index (χ3n) is 1.61. The smallest absolute Gasteiger partial charge is 0.409 e. The Hall–Kier alpha value is -0.770. The molecule has 0 aromatic rings. The van der Waals surface area contributed by atoms with Crippen LogP contribution in [0.25, 0.3) is 0 Å². The first-order valence-corrected chi connectivity index (χ1v) is 4.58. The summed E-state index contributed by atoms with van der Waals surface area (Å²) in [5.41, 5.74) is -0.442. The van der Waals surface area contributed by atoms with E-state index in [1.807, 2.05) is 20.8 Å². The lowest BCUT2D eigenvalue weighted by Gasteiger charge is -2.21. The van der Waals surface area contributed by atoms with Gasteiger partial charge in [0.25, 0.3) is 0 Å². The minimum atomic E-state index is -0.442. The van der Waals surface area contributed by atoms with Crippen LogP contribution >= 0.6 is 0 Å². The van der Waals surface area contributed by atoms with Gasteiger partial charge in [-0.05, 0) is 33.6 Å². The molecule has 1 atom stereocenters. The third-order valence-corrected chi connectivity index (χ3v) is 1.61. The lowest BCUT2D eigenvalue weighted by Crippen LogP contribution is -2.38. The Kier molecular flexibility index (Phi) is 3.14. The summed E-state index contributed by atoms with van der Waals surface area (Å²) in [6, 6.07) is 0. The first-order valence-electron chi connectivity index (χ1n) is 4.58. The number of rotatable bonds is 1. The van der Waals surface area contributed by atoms with Crippen LogP contribution in [-0.2, 0) is 9.47 Å². The van der Waals surface area contributed by atoms with Crippen molar-refractivity contribution in [1.29, 1.82) is 0 Å². The van der Waals surface area contributed by atoms with Crippen molar-refractivity contribution in [2.45, 2.75) is 45.4 Å². The van der Waals surface area contributed by atoms with E-state index in [4.69, 9.17) is 9.47 Å². The van der Waals surface area contributed by atoms with Crippen LogP contribution in [0.15, 0.2) is 0 Å². The van der Waals surface area contributed by atoms with Gasteiger partial charge >= 0.3 is 6.09 Å². The van der Waals surface area contributed by atoms with Crippen molar-refractivity contribution >= 4 is 6.09 Å². The van der Waals surface area contributed by atoms with Crippen molar-refractivity contribution in [3.8, 4) is 0 Å². The predicted octanol–water partition coefficient (Wildman–Crippen LogP) is 1.65. The summed E-state index contributed by atoms with van der Waals surface area (Å²) in [6.07, 6.45) is 1.31. The Bertz CT molecular complexity index is 180. The number of carbonyl (C=O) groups excluding carboxylic acids is 1. The van der Waals surface area contributed by atoms with Crippen LogP contribution in [0.1, 0.15) is 33.6 Å². The van der Waals surface area contributed by atoms with Gasteiger partial charge in [0.2, 0.25) is 0 Å². The fourth-order valence-electron chi connectivity index (χ4n) is 1.13. The fraction of sp³-hybridized carbons (Fsp3) is 0.889. The van der Waals surface area contributed by atoms with Crippen molar-refractivity contribution in [3.63, 3.8) is 0 Å². The average Bonchev–Trinajstić information content (AvgIpc) is 2.34. The number of hydrogen-bond donors (Lipinski definition) is 1. The van der Waals surface area contributed by atoms with E-state index >= 15 is 0 Å². The van der Waals surface area contributed by atoms with Gasteiger partial charge in [0.15, 0.2) is 0 Å². The van der Waals surface area contributed by atoms with Gasteiger partial charge in [0.1, 0.15) is 11.8 Å². The van der Waals surface area contributed by atoms with Gasteiger partial charge in [-0.25, -0.2) is 4.79 Å². The molecule has 1 aliphatic heterocycles. The zero-order chi connectivity index (χ0) is 9.90. The highest BCUT2D eigenvalue weighted by atomic mass is 16.6. The summed E-state index contributed by atoms with van der Waals surface area (Å²) in [5.74, 6) is 0. The standard InChI is InChI=1S/C9H17NO3/c1-9(2,3)13-8(11)10-7-5-4-6-12-7/h7H,4-6H2,1-3H3,(H,10,11). The van der Waals surface area contributed by atoms with Gasteiger partial charge in [-0.2, -0.15) is 0 Å². The zero-order valence-electron chi connectivity index (χ0n) is 8.42. The Morgan fingerprint density at radius 1 is 1.54 bits per heavy atom. The van der Waals surface area contributed by atoms with E-state index in [1.54, 1.807) is 0 Å². The molecule has 1 aliphatic rings. The Morgan fingerprint density at radius 3 is 2.69 bits per heavy atom. The maximum Gasteiger partial charge on any atom is 0.409 e. The lowest BCUT2D eigenvalue weighted by atomic mass is 10.2. The van der Waals surface area contributed by atoms with Crippen molar-refractivity contribution in [1.82, 2.24) is 5.32 Å². The molecule has 76 valence electrons. The first kappa shape index (κ1) is 10.3. The van der Waals surface area contributed by atoms with Crippen LogP contribution < -0.4 is 5.32 Å². The molecule has 1 heterocycles. The Balaban J connectivity index is 2.24. The molecule has 1 saturated heterocycles. The van der Waals surface area contributed by atoms with Crippen molar-refractivity contribution in [3.05, 3.63) is 0 Å². The van der Waals surface area contributed by atoms with Gasteiger partial charge < -0.3 is 9.47 Å². The van der Waals surface area contributed by atoms with Crippen LogP contribution in [0.3, 0.4) is 0 Å². The molecule has 0 spiro atoms. The summed E-state index contributed by atoms with van der Waals surface area (Å²) in [4.78, 5) is 11.2. The minimum absolute atomic E-state index is 0.158. The maximum absolute atomic E-state index is 11.2. The second kappa shape index (κ2) is 3.96. The zero-order valence-corrected chi connectivity index (χ0v) is 8.42. The number of amides is 1. The normalized spacial score (nSPS) is 22.8. The lowest BCUT2D eigenvalue weighted by molar-refractivity contribution is 0.0280. The van der Waals surface area contributed by atoms with Gasteiger partial charge in [0, 0.05) is 6.61 Å². The van der Waals surface area contributed by atoms with Crippen molar-refractivity contribution in [2.24, 2.45) is 0 Å². The predicted molar refractivity (Wildman–Crippen MR) is 48.3 cm³/mol. The SMILES string of the molecule is CC(C)(C)OC(=O)NC1CCCO1. The highest BCUT2D eigenvalue weighted by Crippen LogP contribution is 2.11. The monoisotopic (exact) mass is 187 g/mol. The molecular formula is C9H17NO3. The fourth-order valence-corrected chi connectivity index (χ4v) is 1.13. The molecule has 13 heavy (non-hydrogen) atoms. The van der Waals surface area contributed by atoms with E-state index in [0.29, 0.717) is 0 Å². The molecular weight excluding hydrogens is 170 g/mol. The van der Waals surface area contributed by atoms with Gasteiger partial charge in [-0.1, -0.05) is 0 Å². The number of carbonyl (C=O) groups is 1. The van der Waals surface area contributed by atoms with E-state index in [0.717, 1.165) is 19.4 Å². The molecule has 1 amide bonds. The molecule has 0 radical (unpaired) electrons. The second-order valence-corrected chi connectivity index (χ2v) is 4.15. The van der Waals surface area contributed by atoms with E-state index < -0.39 is 11.7 Å². The van der Waals surface area contributed by atoms with Gasteiger partial charge in [-0.15, -0.1) is 0 Å². The topological polar surface area (TPSA) is 47.6 Å². The van der Waals surface area contributed by atoms with Gasteiger partial charge in [0.05, 0.1) is 0 Å². The van der Waals surface area contributed by atoms with Crippen LogP contribution in [0.5, 0.6) is 0 Å². The highest BCUT2D eigenvalue weighted by Gasteiger charge is 2.21. The Morgan fingerprint density at radius 2 is 2.23 bits per heavy atom. The summed E-state index contributed by atoms with van der Waals surface area (Å²) in [5, 5.41) is 2.65. The Labute approximate surface area is 78.6 Å². The number of ether oxygens (including phenoxy) is 2. The van der Waals surface area contributed by atoms with E-state index in [-0.39, 0.29) is 6.23 Å². The van der Waals surface area contributed by atoms with Crippen molar-refractivity contribution in [2.75, 3.05) is 6.61 Å². The summed E-state index contributed by atoms with van der Waals surface area (Å²) >= 11 is 0. The number of hydrogen-bond acceptors (Lipinski definition) is 3. The average molecular weight is 187 g/mol. The molecule has 1 rings (SSSR count). The van der Waals surface area contributed by atoms with Crippen molar-refractivity contribution < 1.29 is 14.3 Å². The summed E-state index contributed by atoms with van der Waals surface area (Å²) in [6.45, 7) is 6.23. The quantitative estimate of drug-likeness (QED) is 0.679. The van der Waals surface area contributed by atoms with Crippen LogP contribution in [0.4, 0.5) is 4.79 Å². The molecule has 1 fully saturated rings. The molecule has 0 aromatic carbocycles. The summed E-state index contributed by atoms with van der Waals surface area (Å²) in [7, 11) is 0. The highest BCUT2D eigenvalue weighted by molar-refractivity contribution is 5.67. The summed E-state index contributed by atoms with van der Waals surface area (Å²) < 4.78 is 10.3. The minimum Gasteiger partial charge on any atom is -0.444 e. The van der Waals surface area contributed by atoms with Gasteiger partial charge in [-0.3, -0.25) is 5.32 Å². The molecule has 0 bridgehead atoms. The largest absolute Gasteiger partial charge is 0.444 e. The second-order valence-electron chi connectivity index (χ2n) is 4.15. The molecule has 4 nitrogen and oxygen atoms in total. The number of nitrogens with one attached hydrogen (secondary N) is 1.